The van der Waals surface area contributed by atoms with Crippen molar-refractivity contribution in [3.05, 3.63) is 70.8 Å². The van der Waals surface area contributed by atoms with Crippen LogP contribution >= 0.6 is 0 Å². The van der Waals surface area contributed by atoms with Gasteiger partial charge in [-0.3, -0.25) is 9.69 Å². The summed E-state index contributed by atoms with van der Waals surface area (Å²) in [5.41, 5.74) is 2.99. The Balaban J connectivity index is 1.45. The molecular weight excluding hydrogens is 477 g/mol. The number of nitrogens with one attached hydrogen (secondary N) is 1. The maximum Gasteiger partial charge on any atom is 0.351 e. The van der Waals surface area contributed by atoms with Crippen LogP contribution in [0.2, 0.25) is 0 Å². The van der Waals surface area contributed by atoms with Crippen LogP contribution in [0.15, 0.2) is 48.5 Å². The number of para-hydroxylation sites is 1. The Bertz CT molecular complexity index is 1320. The molecule has 2 saturated heterocycles. The normalized spacial score (nSPS) is 21.7. The second-order valence-corrected chi connectivity index (χ2v) is 9.87. The van der Waals surface area contributed by atoms with Gasteiger partial charge in [0.1, 0.15) is 0 Å². The van der Waals surface area contributed by atoms with Crippen molar-refractivity contribution in [3.63, 3.8) is 0 Å². The number of aliphatic hydroxyl groups is 1. The number of hydrogen-bond donors (Lipinski definition) is 2. The minimum absolute atomic E-state index is 0.0120. The molecule has 0 radical (unpaired) electrons. The van der Waals surface area contributed by atoms with Crippen LogP contribution in [0.3, 0.4) is 0 Å². The Kier molecular flexibility index (Phi) is 6.83. The topological polar surface area (TPSA) is 101 Å². The van der Waals surface area contributed by atoms with Gasteiger partial charge in [-0.2, -0.15) is 4.39 Å². The first-order chi connectivity index (χ1) is 17.7. The standard InChI is InChI=1S/C28H30FN3O5/c1-17-18(14-20-15-19-6-3-4-9-23(19)30-25(20)37-26(29)34)7-5-8-22(17)28(2)16-24(33)32(27(35)31-28)21-10-12-36-13-11-21/h3-9,15,21,26,34H,10-14,16H2,1-2H3,(H,31,35)/t26?,28-/m0/s1. The molecule has 5 rings (SSSR count). The molecule has 3 aromatic rings. The first kappa shape index (κ1) is 25.1. The number of aromatic nitrogens is 1. The number of urea groups is 1. The molecule has 2 aromatic carbocycles. The smallest absolute Gasteiger partial charge is 0.351 e. The molecule has 2 fully saturated rings. The fourth-order valence-corrected chi connectivity index (χ4v) is 5.46. The zero-order chi connectivity index (χ0) is 26.2. The van der Waals surface area contributed by atoms with Crippen molar-refractivity contribution in [2.75, 3.05) is 13.2 Å². The largest absolute Gasteiger partial charge is 0.420 e. The average molecular weight is 508 g/mol. The molecule has 8 nitrogen and oxygen atoms in total. The monoisotopic (exact) mass is 507 g/mol. The molecule has 37 heavy (non-hydrogen) atoms. The third-order valence-corrected chi connectivity index (χ3v) is 7.32. The number of amides is 3. The summed E-state index contributed by atoms with van der Waals surface area (Å²) in [7, 11) is 0. The van der Waals surface area contributed by atoms with Gasteiger partial charge in [0.25, 0.3) is 0 Å². The summed E-state index contributed by atoms with van der Waals surface area (Å²) in [6.07, 6.45) is 1.77. The number of aliphatic hydroxyl groups excluding tert-OH is 1. The number of ether oxygens (including phenoxy) is 2. The van der Waals surface area contributed by atoms with E-state index in [9.17, 15) is 19.1 Å². The quantitative estimate of drug-likeness (QED) is 0.488. The molecule has 3 amide bonds. The molecule has 194 valence electrons. The Morgan fingerprint density at radius 2 is 1.95 bits per heavy atom. The Labute approximate surface area is 214 Å². The fraction of sp³-hybridized carbons (Fsp3) is 0.393. The molecule has 0 saturated carbocycles. The van der Waals surface area contributed by atoms with Gasteiger partial charge in [0.15, 0.2) is 0 Å². The van der Waals surface area contributed by atoms with Crippen molar-refractivity contribution in [2.24, 2.45) is 0 Å². The van der Waals surface area contributed by atoms with Crippen LogP contribution in [-0.2, 0) is 21.5 Å². The van der Waals surface area contributed by atoms with E-state index in [1.165, 1.54) is 4.90 Å². The summed E-state index contributed by atoms with van der Waals surface area (Å²) in [4.78, 5) is 32.1. The van der Waals surface area contributed by atoms with Gasteiger partial charge in [-0.05, 0) is 55.5 Å². The summed E-state index contributed by atoms with van der Waals surface area (Å²) in [5, 5.41) is 13.2. The Morgan fingerprint density at radius 3 is 2.68 bits per heavy atom. The zero-order valence-electron chi connectivity index (χ0n) is 20.9. The van der Waals surface area contributed by atoms with E-state index in [1.54, 1.807) is 6.07 Å². The van der Waals surface area contributed by atoms with E-state index in [4.69, 9.17) is 9.47 Å². The first-order valence-corrected chi connectivity index (χ1v) is 12.4. The second kappa shape index (κ2) is 10.1. The Hall–Kier alpha value is -3.56. The lowest BCUT2D eigenvalue weighted by Gasteiger charge is -2.43. The lowest BCUT2D eigenvalue weighted by Crippen LogP contribution is -2.62. The maximum atomic E-state index is 13.4. The maximum absolute atomic E-state index is 13.4. The number of halogens is 1. The van der Waals surface area contributed by atoms with Crippen LogP contribution in [-0.4, -0.2) is 52.7 Å². The molecule has 2 N–H and O–H groups in total. The van der Waals surface area contributed by atoms with Crippen LogP contribution in [0.5, 0.6) is 5.88 Å². The summed E-state index contributed by atoms with van der Waals surface area (Å²) in [5.74, 6) is -0.188. The molecule has 2 aliphatic heterocycles. The van der Waals surface area contributed by atoms with E-state index in [1.807, 2.05) is 56.3 Å². The first-order valence-electron chi connectivity index (χ1n) is 12.4. The summed E-state index contributed by atoms with van der Waals surface area (Å²) >= 11 is 0. The van der Waals surface area contributed by atoms with E-state index in [2.05, 4.69) is 10.3 Å². The number of nitrogens with zero attached hydrogens (tertiary/aromatic N) is 2. The summed E-state index contributed by atoms with van der Waals surface area (Å²) in [6.45, 7) is 2.38. The van der Waals surface area contributed by atoms with Crippen molar-refractivity contribution in [1.29, 1.82) is 0 Å². The Morgan fingerprint density at radius 1 is 1.19 bits per heavy atom. The number of carbonyl (C=O) groups is 2. The van der Waals surface area contributed by atoms with Gasteiger partial charge in [0, 0.05) is 36.6 Å². The van der Waals surface area contributed by atoms with Crippen LogP contribution in [0.1, 0.15) is 48.4 Å². The van der Waals surface area contributed by atoms with Crippen LogP contribution in [0, 0.1) is 6.92 Å². The number of alkyl halides is 1. The summed E-state index contributed by atoms with van der Waals surface area (Å²) < 4.78 is 23.8. The van der Waals surface area contributed by atoms with Gasteiger partial charge < -0.3 is 19.9 Å². The van der Waals surface area contributed by atoms with Crippen LogP contribution in [0.4, 0.5) is 9.18 Å². The van der Waals surface area contributed by atoms with Crippen LogP contribution in [0.25, 0.3) is 10.9 Å². The average Bonchev–Trinajstić information content (AvgIpc) is 2.85. The zero-order valence-corrected chi connectivity index (χ0v) is 20.9. The SMILES string of the molecule is Cc1c(Cc2cc3ccccc3nc2OC(O)F)cccc1[C@]1(C)CC(=O)N(C2CCOCC2)C(=O)N1. The van der Waals surface area contributed by atoms with E-state index >= 15 is 0 Å². The highest BCUT2D eigenvalue weighted by Gasteiger charge is 2.44. The minimum atomic E-state index is -2.50. The molecular formula is C28H30FN3O5. The lowest BCUT2D eigenvalue weighted by atomic mass is 9.81. The summed E-state index contributed by atoms with van der Waals surface area (Å²) in [6, 6.07) is 14.5. The van der Waals surface area contributed by atoms with E-state index in [0.717, 1.165) is 22.1 Å². The second-order valence-electron chi connectivity index (χ2n) is 9.87. The van der Waals surface area contributed by atoms with Crippen molar-refractivity contribution in [2.45, 2.75) is 57.7 Å². The van der Waals surface area contributed by atoms with Crippen molar-refractivity contribution in [3.8, 4) is 5.88 Å². The van der Waals surface area contributed by atoms with Gasteiger partial charge in [-0.1, -0.05) is 36.4 Å². The van der Waals surface area contributed by atoms with Crippen molar-refractivity contribution < 1.29 is 28.6 Å². The number of carbonyl (C=O) groups excluding carboxylic acids is 2. The third kappa shape index (κ3) is 5.01. The van der Waals surface area contributed by atoms with E-state index < -0.39 is 12.1 Å². The van der Waals surface area contributed by atoms with Gasteiger partial charge in [0.05, 0.1) is 17.5 Å². The molecule has 3 heterocycles. The predicted molar refractivity (Wildman–Crippen MR) is 135 cm³/mol. The number of hydrogen-bond acceptors (Lipinski definition) is 6. The number of imide groups is 1. The highest BCUT2D eigenvalue weighted by Crippen LogP contribution is 2.35. The van der Waals surface area contributed by atoms with E-state index in [0.29, 0.717) is 43.6 Å². The number of rotatable bonds is 6. The third-order valence-electron chi connectivity index (χ3n) is 7.32. The predicted octanol–water partition coefficient (Wildman–Crippen LogP) is 4.09. The molecule has 0 spiro atoms. The number of fused-ring (bicyclic) bond motifs is 1. The molecule has 1 aromatic heterocycles. The van der Waals surface area contributed by atoms with E-state index in [-0.39, 0.29) is 30.3 Å². The number of benzene rings is 2. The number of pyridine rings is 1. The lowest BCUT2D eigenvalue weighted by molar-refractivity contribution is -0.135. The molecule has 1 unspecified atom stereocenters. The highest BCUT2D eigenvalue weighted by atomic mass is 19.2. The van der Waals surface area contributed by atoms with Gasteiger partial charge in [0.2, 0.25) is 11.8 Å². The van der Waals surface area contributed by atoms with Crippen molar-refractivity contribution >= 4 is 22.8 Å². The van der Waals surface area contributed by atoms with Crippen LogP contribution < -0.4 is 10.1 Å². The minimum Gasteiger partial charge on any atom is -0.420 e. The molecule has 0 aliphatic carbocycles. The fourth-order valence-electron chi connectivity index (χ4n) is 5.46. The van der Waals surface area contributed by atoms with Crippen molar-refractivity contribution in [1.82, 2.24) is 15.2 Å². The highest BCUT2D eigenvalue weighted by molar-refractivity contribution is 5.98. The van der Waals surface area contributed by atoms with Gasteiger partial charge in [-0.25, -0.2) is 9.78 Å². The molecule has 0 bridgehead atoms. The van der Waals surface area contributed by atoms with Gasteiger partial charge in [-0.15, -0.1) is 0 Å². The molecule has 2 aliphatic rings. The molecule has 2 atom stereocenters. The van der Waals surface area contributed by atoms with Gasteiger partial charge >= 0.3 is 12.6 Å². The molecule has 9 heteroatoms.